The maximum Gasteiger partial charge on any atom is 0.211 e. The Labute approximate surface area is 125 Å². The Morgan fingerprint density at radius 1 is 0.950 bits per heavy atom. The van der Waals surface area contributed by atoms with Crippen molar-refractivity contribution < 1.29 is 8.42 Å². The van der Waals surface area contributed by atoms with Gasteiger partial charge < -0.3 is 5.32 Å². The lowest BCUT2D eigenvalue weighted by atomic mass is 9.96. The first-order valence-corrected chi connectivity index (χ1v) is 9.98. The van der Waals surface area contributed by atoms with E-state index in [1.54, 1.807) is 4.31 Å². The first-order chi connectivity index (χ1) is 9.47. The van der Waals surface area contributed by atoms with Crippen LogP contribution in [0.15, 0.2) is 0 Å². The highest BCUT2D eigenvalue weighted by molar-refractivity contribution is 7.88. The topological polar surface area (TPSA) is 49.4 Å². The number of piperidine rings is 2. The molecule has 5 heteroatoms. The number of hydrogen-bond donors (Lipinski definition) is 1. The van der Waals surface area contributed by atoms with Crippen molar-refractivity contribution >= 4 is 10.0 Å². The summed E-state index contributed by atoms with van der Waals surface area (Å²) in [6, 6.07) is 0. The Bertz CT molecular complexity index is 343. The molecule has 2 rings (SSSR count). The molecule has 0 radical (unpaired) electrons. The fourth-order valence-corrected chi connectivity index (χ4v) is 3.81. The normalized spacial score (nSPS) is 23.1. The van der Waals surface area contributed by atoms with E-state index in [1.807, 2.05) is 0 Å². The minimum Gasteiger partial charge on any atom is -0.317 e. The Hall–Kier alpha value is -0.130. The molecule has 0 aliphatic carbocycles. The average Bonchev–Trinajstić information content (AvgIpc) is 2.48. The van der Waals surface area contributed by atoms with Gasteiger partial charge in [0, 0.05) is 13.1 Å². The van der Waals surface area contributed by atoms with Crippen LogP contribution in [0, 0.1) is 11.8 Å². The summed E-state index contributed by atoms with van der Waals surface area (Å²) in [4.78, 5) is 0. The highest BCUT2D eigenvalue weighted by Crippen LogP contribution is 2.21. The third kappa shape index (κ3) is 6.55. The maximum atomic E-state index is 11.1. The predicted octanol–water partition coefficient (Wildman–Crippen LogP) is 2.46. The number of nitrogens with one attached hydrogen (secondary N) is 1. The Balaban J connectivity index is 0.000000217. The van der Waals surface area contributed by atoms with Crippen molar-refractivity contribution in [1.29, 1.82) is 0 Å². The van der Waals surface area contributed by atoms with Gasteiger partial charge in [-0.25, -0.2) is 12.7 Å². The van der Waals surface area contributed by atoms with Crippen molar-refractivity contribution in [2.75, 3.05) is 32.4 Å². The average molecular weight is 305 g/mol. The molecule has 0 aromatic carbocycles. The van der Waals surface area contributed by atoms with Crippen LogP contribution in [0.3, 0.4) is 0 Å². The summed E-state index contributed by atoms with van der Waals surface area (Å²) < 4.78 is 23.8. The van der Waals surface area contributed by atoms with Crippen LogP contribution in [0.2, 0.25) is 0 Å². The molecular weight excluding hydrogens is 272 g/mol. The SMILES string of the molecule is CCC1CCN(S(C)(=O)=O)CC1.CCC1CCNCC1. The van der Waals surface area contributed by atoms with E-state index in [-0.39, 0.29) is 0 Å². The van der Waals surface area contributed by atoms with Gasteiger partial charge in [0.2, 0.25) is 10.0 Å². The first-order valence-electron chi connectivity index (χ1n) is 8.13. The summed E-state index contributed by atoms with van der Waals surface area (Å²) in [6.07, 6.45) is 8.71. The molecule has 4 nitrogen and oxygen atoms in total. The van der Waals surface area contributed by atoms with Gasteiger partial charge in [-0.1, -0.05) is 26.7 Å². The summed E-state index contributed by atoms with van der Waals surface area (Å²) in [5.74, 6) is 1.76. The second-order valence-electron chi connectivity index (χ2n) is 6.12. The molecule has 0 atom stereocenters. The van der Waals surface area contributed by atoms with Gasteiger partial charge >= 0.3 is 0 Å². The quantitative estimate of drug-likeness (QED) is 0.871. The molecule has 0 saturated carbocycles. The van der Waals surface area contributed by atoms with Gasteiger partial charge in [0.25, 0.3) is 0 Å². The zero-order valence-electron chi connectivity index (χ0n) is 13.4. The van der Waals surface area contributed by atoms with Crippen molar-refractivity contribution in [2.45, 2.75) is 52.4 Å². The Morgan fingerprint density at radius 3 is 1.75 bits per heavy atom. The van der Waals surface area contributed by atoms with E-state index in [1.165, 1.54) is 45.0 Å². The van der Waals surface area contributed by atoms with Crippen molar-refractivity contribution in [3.63, 3.8) is 0 Å². The fraction of sp³-hybridized carbons (Fsp3) is 1.00. The van der Waals surface area contributed by atoms with E-state index in [4.69, 9.17) is 0 Å². The van der Waals surface area contributed by atoms with Crippen LogP contribution < -0.4 is 5.32 Å². The van der Waals surface area contributed by atoms with Crippen LogP contribution in [0.4, 0.5) is 0 Å². The van der Waals surface area contributed by atoms with Gasteiger partial charge in [-0.3, -0.25) is 0 Å². The molecule has 0 unspecified atom stereocenters. The Morgan fingerprint density at radius 2 is 1.40 bits per heavy atom. The van der Waals surface area contributed by atoms with Gasteiger partial charge in [-0.15, -0.1) is 0 Å². The van der Waals surface area contributed by atoms with Crippen molar-refractivity contribution in [3.8, 4) is 0 Å². The number of sulfonamides is 1. The largest absolute Gasteiger partial charge is 0.317 e. The van der Waals surface area contributed by atoms with Crippen LogP contribution >= 0.6 is 0 Å². The van der Waals surface area contributed by atoms with E-state index in [0.29, 0.717) is 0 Å². The van der Waals surface area contributed by atoms with Gasteiger partial charge in [0.15, 0.2) is 0 Å². The van der Waals surface area contributed by atoms with Crippen LogP contribution in [0.1, 0.15) is 52.4 Å². The lowest BCUT2D eigenvalue weighted by Crippen LogP contribution is -2.37. The van der Waals surface area contributed by atoms with E-state index in [9.17, 15) is 8.42 Å². The number of hydrogen-bond acceptors (Lipinski definition) is 3. The molecule has 0 aromatic rings. The zero-order valence-corrected chi connectivity index (χ0v) is 14.2. The summed E-state index contributed by atoms with van der Waals surface area (Å²) in [7, 11) is -2.92. The summed E-state index contributed by atoms with van der Waals surface area (Å²) >= 11 is 0. The molecule has 20 heavy (non-hydrogen) atoms. The molecule has 2 heterocycles. The smallest absolute Gasteiger partial charge is 0.211 e. The van der Waals surface area contributed by atoms with Crippen LogP contribution in [0.5, 0.6) is 0 Å². The number of nitrogens with zero attached hydrogens (tertiary/aromatic N) is 1. The molecule has 120 valence electrons. The molecular formula is C15H32N2O2S. The van der Waals surface area contributed by atoms with Gasteiger partial charge in [0.05, 0.1) is 6.26 Å². The lowest BCUT2D eigenvalue weighted by molar-refractivity contribution is 0.270. The molecule has 2 saturated heterocycles. The van der Waals surface area contributed by atoms with Crippen molar-refractivity contribution in [1.82, 2.24) is 9.62 Å². The predicted molar refractivity (Wildman–Crippen MR) is 85.3 cm³/mol. The summed E-state index contributed by atoms with van der Waals surface area (Å²) in [5.41, 5.74) is 0. The molecule has 1 N–H and O–H groups in total. The highest BCUT2D eigenvalue weighted by Gasteiger charge is 2.23. The van der Waals surface area contributed by atoms with E-state index in [2.05, 4.69) is 19.2 Å². The molecule has 2 fully saturated rings. The van der Waals surface area contributed by atoms with Gasteiger partial charge in [-0.05, 0) is 50.6 Å². The fourth-order valence-electron chi connectivity index (χ4n) is 2.94. The standard InChI is InChI=1S/C8H17NO2S.C7H15N/c1-3-8-4-6-9(7-5-8)12(2,10)11;1-2-7-3-5-8-6-4-7/h8H,3-7H2,1-2H3;7-8H,2-6H2,1H3. The number of rotatable bonds is 3. The van der Waals surface area contributed by atoms with Crippen molar-refractivity contribution in [2.24, 2.45) is 11.8 Å². The molecule has 0 aromatic heterocycles. The first kappa shape index (κ1) is 17.9. The molecule has 0 bridgehead atoms. The third-order valence-electron chi connectivity index (χ3n) is 4.66. The van der Waals surface area contributed by atoms with Crippen LogP contribution in [-0.2, 0) is 10.0 Å². The van der Waals surface area contributed by atoms with E-state index >= 15 is 0 Å². The van der Waals surface area contributed by atoms with Crippen LogP contribution in [0.25, 0.3) is 0 Å². The second-order valence-corrected chi connectivity index (χ2v) is 8.10. The molecule has 2 aliphatic heterocycles. The minimum atomic E-state index is -2.92. The van der Waals surface area contributed by atoms with Gasteiger partial charge in [-0.2, -0.15) is 0 Å². The third-order valence-corrected chi connectivity index (χ3v) is 5.96. The highest BCUT2D eigenvalue weighted by atomic mass is 32.2. The minimum absolute atomic E-state index is 0.720. The second kappa shape index (κ2) is 9.00. The monoisotopic (exact) mass is 304 g/mol. The summed E-state index contributed by atoms with van der Waals surface area (Å²) in [5, 5.41) is 3.35. The molecule has 0 spiro atoms. The van der Waals surface area contributed by atoms with Crippen molar-refractivity contribution in [3.05, 3.63) is 0 Å². The zero-order chi connectivity index (χ0) is 15.0. The molecule has 0 amide bonds. The van der Waals surface area contributed by atoms with E-state index < -0.39 is 10.0 Å². The summed E-state index contributed by atoms with van der Waals surface area (Å²) in [6.45, 7) is 8.39. The van der Waals surface area contributed by atoms with E-state index in [0.717, 1.165) is 37.8 Å². The van der Waals surface area contributed by atoms with Gasteiger partial charge in [0.1, 0.15) is 0 Å². The van der Waals surface area contributed by atoms with Crippen LogP contribution in [-0.4, -0.2) is 45.2 Å². The molecule has 2 aliphatic rings. The Kier molecular flexibility index (Phi) is 8.07. The maximum absolute atomic E-state index is 11.1. The lowest BCUT2D eigenvalue weighted by Gasteiger charge is -2.29.